The monoisotopic (exact) mass is 312 g/mol. The summed E-state index contributed by atoms with van der Waals surface area (Å²) in [6, 6.07) is -0.792. The second kappa shape index (κ2) is 14.6. The lowest BCUT2D eigenvalue weighted by Crippen LogP contribution is -2.30. The smallest absolute Gasteiger partial charge is 0.320 e. The van der Waals surface area contributed by atoms with Crippen LogP contribution in [0.5, 0.6) is 0 Å². The van der Waals surface area contributed by atoms with Crippen molar-refractivity contribution in [1.29, 1.82) is 0 Å². The minimum absolute atomic E-state index is 0.0712. The maximum absolute atomic E-state index is 11.6. The highest BCUT2D eigenvalue weighted by atomic mass is 16.4. The molecule has 0 heterocycles. The fraction of sp³-hybridized carbons (Fsp3) is 0.765. The zero-order chi connectivity index (χ0) is 16.6. The van der Waals surface area contributed by atoms with Crippen LogP contribution in [-0.4, -0.2) is 29.6 Å². The number of rotatable bonds is 14. The zero-order valence-electron chi connectivity index (χ0n) is 13.9. The summed E-state index contributed by atoms with van der Waals surface area (Å²) in [4.78, 5) is 22.1. The van der Waals surface area contributed by atoms with Crippen LogP contribution in [0.1, 0.15) is 71.1 Å². The highest BCUT2D eigenvalue weighted by Gasteiger charge is 2.10. The van der Waals surface area contributed by atoms with Crippen molar-refractivity contribution in [1.82, 2.24) is 5.32 Å². The fourth-order valence-electron chi connectivity index (χ4n) is 2.06. The van der Waals surface area contributed by atoms with Gasteiger partial charge in [0, 0.05) is 13.0 Å². The summed E-state index contributed by atoms with van der Waals surface area (Å²) in [6.45, 7) is 2.79. The second-order valence-corrected chi connectivity index (χ2v) is 5.65. The first-order valence-electron chi connectivity index (χ1n) is 8.48. The van der Waals surface area contributed by atoms with Crippen LogP contribution in [0.25, 0.3) is 0 Å². The number of hydrogen-bond acceptors (Lipinski definition) is 3. The van der Waals surface area contributed by atoms with Crippen molar-refractivity contribution >= 4 is 11.9 Å². The summed E-state index contributed by atoms with van der Waals surface area (Å²) in [5, 5.41) is 11.5. The van der Waals surface area contributed by atoms with Gasteiger partial charge in [-0.05, 0) is 44.9 Å². The second-order valence-electron chi connectivity index (χ2n) is 5.65. The molecular weight excluding hydrogens is 280 g/mol. The van der Waals surface area contributed by atoms with E-state index in [2.05, 4.69) is 24.4 Å². The molecule has 0 bridgehead atoms. The van der Waals surface area contributed by atoms with Gasteiger partial charge in [0.15, 0.2) is 0 Å². The van der Waals surface area contributed by atoms with Crippen LogP contribution in [0.3, 0.4) is 0 Å². The summed E-state index contributed by atoms with van der Waals surface area (Å²) in [5.41, 5.74) is 5.40. The van der Waals surface area contributed by atoms with Crippen LogP contribution >= 0.6 is 0 Å². The summed E-state index contributed by atoms with van der Waals surface area (Å²) in [6.07, 6.45) is 13.6. The number of allylic oxidation sites excluding steroid dienone is 2. The molecule has 0 radical (unpaired) electrons. The standard InChI is InChI=1S/C17H32N2O3/c1-2-3-4-5-6-7-8-9-13-16(20)19-14-11-10-12-15(18)17(21)22/h6-7,15H,2-5,8-14,18H2,1H3,(H,19,20)(H,21,22)/b7-6+/t15-/m0/s1. The van der Waals surface area contributed by atoms with E-state index < -0.39 is 12.0 Å². The summed E-state index contributed by atoms with van der Waals surface area (Å²) in [5.74, 6) is -0.895. The Hall–Kier alpha value is -1.36. The number of carboxylic acids is 1. The molecule has 1 atom stereocenters. The molecule has 1 amide bonds. The maximum atomic E-state index is 11.6. The van der Waals surface area contributed by atoms with Crippen LogP contribution < -0.4 is 11.1 Å². The van der Waals surface area contributed by atoms with E-state index in [0.717, 1.165) is 25.7 Å². The molecule has 4 N–H and O–H groups in total. The van der Waals surface area contributed by atoms with Gasteiger partial charge < -0.3 is 16.2 Å². The average Bonchev–Trinajstić information content (AvgIpc) is 2.49. The number of nitrogens with one attached hydrogen (secondary N) is 1. The molecule has 0 unspecified atom stereocenters. The molecule has 5 nitrogen and oxygen atoms in total. The number of carbonyl (C=O) groups excluding carboxylic acids is 1. The molecule has 5 heteroatoms. The van der Waals surface area contributed by atoms with E-state index in [9.17, 15) is 9.59 Å². The highest BCUT2D eigenvalue weighted by molar-refractivity contribution is 5.75. The Kier molecular flexibility index (Phi) is 13.7. The Morgan fingerprint density at radius 1 is 1.09 bits per heavy atom. The minimum atomic E-state index is -0.966. The SMILES string of the molecule is CCCCC/C=C/CCCC(=O)NCCCC[C@H](N)C(=O)O. The third-order valence-electron chi connectivity index (χ3n) is 3.50. The quantitative estimate of drug-likeness (QED) is 0.339. The molecule has 128 valence electrons. The molecule has 0 aliphatic rings. The van der Waals surface area contributed by atoms with Crippen LogP contribution in [-0.2, 0) is 9.59 Å². The molecule has 22 heavy (non-hydrogen) atoms. The van der Waals surface area contributed by atoms with Gasteiger partial charge in [-0.2, -0.15) is 0 Å². The van der Waals surface area contributed by atoms with Gasteiger partial charge in [-0.25, -0.2) is 0 Å². The molecule has 0 aromatic carbocycles. The molecule has 0 spiro atoms. The lowest BCUT2D eigenvalue weighted by Gasteiger charge is -2.07. The van der Waals surface area contributed by atoms with Crippen LogP contribution in [0.15, 0.2) is 12.2 Å². The molecule has 0 rings (SSSR count). The van der Waals surface area contributed by atoms with Gasteiger partial charge in [0.1, 0.15) is 6.04 Å². The largest absolute Gasteiger partial charge is 0.480 e. The van der Waals surface area contributed by atoms with Crippen LogP contribution in [0.4, 0.5) is 0 Å². The van der Waals surface area contributed by atoms with E-state index in [4.69, 9.17) is 10.8 Å². The fourth-order valence-corrected chi connectivity index (χ4v) is 2.06. The Bertz CT molecular complexity index is 330. The van der Waals surface area contributed by atoms with Crippen molar-refractivity contribution in [3.63, 3.8) is 0 Å². The topological polar surface area (TPSA) is 92.4 Å². The third kappa shape index (κ3) is 13.6. The third-order valence-corrected chi connectivity index (χ3v) is 3.50. The highest BCUT2D eigenvalue weighted by Crippen LogP contribution is 2.03. The normalized spacial score (nSPS) is 12.5. The van der Waals surface area contributed by atoms with Gasteiger partial charge in [-0.1, -0.05) is 31.9 Å². The maximum Gasteiger partial charge on any atom is 0.320 e. The first kappa shape index (κ1) is 20.6. The summed E-state index contributed by atoms with van der Waals surface area (Å²) >= 11 is 0. The van der Waals surface area contributed by atoms with E-state index >= 15 is 0 Å². The van der Waals surface area contributed by atoms with E-state index in [1.54, 1.807) is 0 Å². The summed E-state index contributed by atoms with van der Waals surface area (Å²) in [7, 11) is 0. The van der Waals surface area contributed by atoms with E-state index in [-0.39, 0.29) is 5.91 Å². The molecule has 0 aliphatic heterocycles. The Morgan fingerprint density at radius 3 is 2.41 bits per heavy atom. The van der Waals surface area contributed by atoms with Crippen molar-refractivity contribution in [3.8, 4) is 0 Å². The van der Waals surface area contributed by atoms with Gasteiger partial charge in [0.25, 0.3) is 0 Å². The molecule has 0 saturated heterocycles. The van der Waals surface area contributed by atoms with Gasteiger partial charge in [0.2, 0.25) is 5.91 Å². The predicted octanol–water partition coefficient (Wildman–Crippen LogP) is 2.99. The molecular formula is C17H32N2O3. The molecule has 0 aromatic rings. The van der Waals surface area contributed by atoms with Gasteiger partial charge in [-0.3, -0.25) is 9.59 Å². The van der Waals surface area contributed by atoms with Gasteiger partial charge >= 0.3 is 5.97 Å². The number of carboxylic acid groups (broad SMARTS) is 1. The molecule has 0 fully saturated rings. The molecule has 0 aliphatic carbocycles. The zero-order valence-corrected chi connectivity index (χ0v) is 13.9. The lowest BCUT2D eigenvalue weighted by atomic mass is 10.1. The number of carbonyl (C=O) groups is 2. The minimum Gasteiger partial charge on any atom is -0.480 e. The predicted molar refractivity (Wildman–Crippen MR) is 89.6 cm³/mol. The van der Waals surface area contributed by atoms with Crippen molar-refractivity contribution < 1.29 is 14.7 Å². The number of aliphatic carboxylic acids is 1. The van der Waals surface area contributed by atoms with E-state index in [1.165, 1.54) is 19.3 Å². The number of hydrogen-bond donors (Lipinski definition) is 3. The Morgan fingerprint density at radius 2 is 1.77 bits per heavy atom. The van der Waals surface area contributed by atoms with Crippen LogP contribution in [0.2, 0.25) is 0 Å². The number of amides is 1. The molecule has 0 aromatic heterocycles. The number of unbranched alkanes of at least 4 members (excludes halogenated alkanes) is 5. The lowest BCUT2D eigenvalue weighted by molar-refractivity contribution is -0.138. The van der Waals surface area contributed by atoms with E-state index in [0.29, 0.717) is 25.8 Å². The van der Waals surface area contributed by atoms with Crippen molar-refractivity contribution in [3.05, 3.63) is 12.2 Å². The van der Waals surface area contributed by atoms with Crippen molar-refractivity contribution in [2.45, 2.75) is 77.2 Å². The van der Waals surface area contributed by atoms with E-state index in [1.807, 2.05) is 0 Å². The van der Waals surface area contributed by atoms with Crippen molar-refractivity contribution in [2.24, 2.45) is 5.73 Å². The Labute approximate surface area is 134 Å². The average molecular weight is 312 g/mol. The van der Waals surface area contributed by atoms with Gasteiger partial charge in [0.05, 0.1) is 0 Å². The van der Waals surface area contributed by atoms with Crippen LogP contribution in [0, 0.1) is 0 Å². The first-order chi connectivity index (χ1) is 10.6. The van der Waals surface area contributed by atoms with Crippen molar-refractivity contribution in [2.75, 3.05) is 6.54 Å². The first-order valence-corrected chi connectivity index (χ1v) is 8.48. The van der Waals surface area contributed by atoms with Gasteiger partial charge in [-0.15, -0.1) is 0 Å². The number of nitrogens with two attached hydrogens (primary N) is 1. The Balaban J connectivity index is 3.38. The molecule has 0 saturated carbocycles. The summed E-state index contributed by atoms with van der Waals surface area (Å²) < 4.78 is 0.